The lowest BCUT2D eigenvalue weighted by Gasteiger charge is -2.03. The van der Waals surface area contributed by atoms with Gasteiger partial charge in [0.25, 0.3) is 0 Å². The molecule has 0 amide bonds. The minimum Gasteiger partial charge on any atom is -0.344 e. The fourth-order valence-electron chi connectivity index (χ4n) is 0.418. The van der Waals surface area contributed by atoms with Crippen molar-refractivity contribution in [2.75, 3.05) is 6.54 Å². The van der Waals surface area contributed by atoms with Crippen LogP contribution in [0.25, 0.3) is 0 Å². The Bertz CT molecular complexity index is 38.7. The Kier molecular flexibility index (Phi) is 9.28. The van der Waals surface area contributed by atoms with Crippen LogP contribution < -0.4 is 17.6 Å². The maximum absolute atomic E-state index is 5.50. The second-order valence-corrected chi connectivity index (χ2v) is 1.75. The number of nitrogens with two attached hydrogens (primary N) is 2. The first kappa shape index (κ1) is 10.8. The first-order valence-corrected chi connectivity index (χ1v) is 2.77. The molecule has 0 radical (unpaired) electrons. The van der Waals surface area contributed by atoms with Gasteiger partial charge in [-0.3, -0.25) is 0 Å². The summed E-state index contributed by atoms with van der Waals surface area (Å²) in [5.41, 5.74) is 10.7. The van der Waals surface area contributed by atoms with Crippen molar-refractivity contribution in [3.63, 3.8) is 0 Å². The molecule has 1 atom stereocenters. The van der Waals surface area contributed by atoms with Crippen molar-refractivity contribution in [3.05, 3.63) is 0 Å². The quantitative estimate of drug-likeness (QED) is 0.497. The summed E-state index contributed by atoms with van der Waals surface area (Å²) in [5, 5.41) is 0. The smallest absolute Gasteiger partial charge is 0.00482 e. The van der Waals surface area contributed by atoms with Gasteiger partial charge in [-0.2, -0.15) is 0 Å². The van der Waals surface area contributed by atoms with Crippen molar-refractivity contribution in [2.45, 2.75) is 25.8 Å². The molecule has 3 heteroatoms. The van der Waals surface area contributed by atoms with Gasteiger partial charge < -0.3 is 17.6 Å². The molecule has 0 aromatic rings. The Morgan fingerprint density at radius 3 is 2.12 bits per heavy atom. The van der Waals surface area contributed by atoms with Gasteiger partial charge in [-0.05, 0) is 19.4 Å². The van der Waals surface area contributed by atoms with Crippen LogP contribution in [0.4, 0.5) is 0 Å². The second-order valence-electron chi connectivity index (χ2n) is 1.75. The first-order chi connectivity index (χ1) is 3.31. The molecule has 0 saturated heterocycles. The lowest BCUT2D eigenvalue weighted by atomic mass is 10.2. The van der Waals surface area contributed by atoms with Crippen molar-refractivity contribution >= 4 is 0 Å². The van der Waals surface area contributed by atoms with Gasteiger partial charge in [0.05, 0.1) is 0 Å². The largest absolute Gasteiger partial charge is 0.344 e. The molecule has 7 N–H and O–H groups in total. The zero-order chi connectivity index (χ0) is 5.70. The minimum absolute atomic E-state index is 0. The molecule has 0 fully saturated rings. The third kappa shape index (κ3) is 5.88. The molecule has 0 aromatic heterocycles. The van der Waals surface area contributed by atoms with E-state index in [2.05, 4.69) is 6.92 Å². The summed E-state index contributed by atoms with van der Waals surface area (Å²) in [6.07, 6.45) is 1.99. The highest BCUT2D eigenvalue weighted by Crippen LogP contribution is 1.88. The predicted octanol–water partition coefficient (Wildman–Crippen LogP) is 0.235. The van der Waals surface area contributed by atoms with Gasteiger partial charge in [0, 0.05) is 6.04 Å². The second kappa shape index (κ2) is 6.88. The normalized spacial score (nSPS) is 12.4. The molecule has 0 spiro atoms. The molecule has 0 bridgehead atoms. The van der Waals surface area contributed by atoms with E-state index in [0.29, 0.717) is 6.04 Å². The molecule has 0 aromatic carbocycles. The summed E-state index contributed by atoms with van der Waals surface area (Å²) < 4.78 is 0. The van der Waals surface area contributed by atoms with Crippen molar-refractivity contribution in [3.8, 4) is 0 Å². The maximum Gasteiger partial charge on any atom is 0.00482 e. The van der Waals surface area contributed by atoms with Crippen LogP contribution >= 0.6 is 0 Å². The van der Waals surface area contributed by atoms with Crippen molar-refractivity contribution in [2.24, 2.45) is 11.5 Å². The first-order valence-electron chi connectivity index (χ1n) is 2.77. The average molecular weight is 119 g/mol. The van der Waals surface area contributed by atoms with E-state index in [-0.39, 0.29) is 6.15 Å². The Morgan fingerprint density at radius 1 is 1.50 bits per heavy atom. The van der Waals surface area contributed by atoms with E-state index in [4.69, 9.17) is 11.5 Å². The molecule has 0 heterocycles. The van der Waals surface area contributed by atoms with Crippen LogP contribution in [0.1, 0.15) is 19.8 Å². The van der Waals surface area contributed by atoms with E-state index < -0.39 is 0 Å². The Labute approximate surface area is 51.0 Å². The summed E-state index contributed by atoms with van der Waals surface area (Å²) in [6.45, 7) is 2.79. The third-order valence-electron chi connectivity index (χ3n) is 1.06. The molecular weight excluding hydrogens is 102 g/mol. The summed E-state index contributed by atoms with van der Waals surface area (Å²) in [6, 6.07) is 0.324. The molecule has 0 aliphatic heterocycles. The van der Waals surface area contributed by atoms with Crippen LogP contribution in [0.5, 0.6) is 0 Å². The lowest BCUT2D eigenvalue weighted by molar-refractivity contribution is 0.604. The fourth-order valence-corrected chi connectivity index (χ4v) is 0.418. The monoisotopic (exact) mass is 119 g/mol. The van der Waals surface area contributed by atoms with Crippen LogP contribution in [0.15, 0.2) is 0 Å². The molecular formula is C5H17N3. The molecule has 0 saturated carbocycles. The molecule has 0 rings (SSSR count). The van der Waals surface area contributed by atoms with Crippen LogP contribution in [-0.4, -0.2) is 12.6 Å². The highest BCUT2D eigenvalue weighted by atomic mass is 14.6. The highest BCUT2D eigenvalue weighted by molar-refractivity contribution is 4.56. The zero-order valence-electron chi connectivity index (χ0n) is 5.56. The fraction of sp³-hybridized carbons (Fsp3) is 1.00. The van der Waals surface area contributed by atoms with Crippen molar-refractivity contribution < 1.29 is 0 Å². The predicted molar refractivity (Wildman–Crippen MR) is 37.0 cm³/mol. The number of hydrogen-bond donors (Lipinski definition) is 3. The zero-order valence-corrected chi connectivity index (χ0v) is 5.56. The number of rotatable bonds is 3. The van der Waals surface area contributed by atoms with Gasteiger partial charge in [0.1, 0.15) is 0 Å². The van der Waals surface area contributed by atoms with Gasteiger partial charge >= 0.3 is 0 Å². The topological polar surface area (TPSA) is 87.0 Å². The molecule has 0 aliphatic rings. The molecule has 8 heavy (non-hydrogen) atoms. The van der Waals surface area contributed by atoms with Crippen LogP contribution in [0.3, 0.4) is 0 Å². The lowest BCUT2D eigenvalue weighted by Crippen LogP contribution is -2.22. The summed E-state index contributed by atoms with van der Waals surface area (Å²) in [7, 11) is 0. The Morgan fingerprint density at radius 2 is 2.00 bits per heavy atom. The van der Waals surface area contributed by atoms with E-state index in [1.54, 1.807) is 0 Å². The van der Waals surface area contributed by atoms with E-state index in [1.807, 2.05) is 0 Å². The van der Waals surface area contributed by atoms with Gasteiger partial charge in [-0.25, -0.2) is 0 Å². The van der Waals surface area contributed by atoms with Crippen LogP contribution in [0.2, 0.25) is 0 Å². The summed E-state index contributed by atoms with van der Waals surface area (Å²) in [5.74, 6) is 0. The van der Waals surface area contributed by atoms with Crippen molar-refractivity contribution in [1.82, 2.24) is 6.15 Å². The Hall–Kier alpha value is -0.120. The minimum atomic E-state index is 0. The Balaban J connectivity index is 0. The molecule has 0 aliphatic carbocycles. The van der Waals surface area contributed by atoms with E-state index in [9.17, 15) is 0 Å². The SMILES string of the molecule is CCC(N)CCN.N. The van der Waals surface area contributed by atoms with Crippen LogP contribution in [0, 0.1) is 0 Å². The van der Waals surface area contributed by atoms with Crippen molar-refractivity contribution in [1.29, 1.82) is 0 Å². The third-order valence-corrected chi connectivity index (χ3v) is 1.06. The highest BCUT2D eigenvalue weighted by Gasteiger charge is 1.92. The molecule has 1 unspecified atom stereocenters. The number of hydrogen-bond acceptors (Lipinski definition) is 3. The van der Waals surface area contributed by atoms with E-state index >= 15 is 0 Å². The van der Waals surface area contributed by atoms with E-state index in [0.717, 1.165) is 19.4 Å². The summed E-state index contributed by atoms with van der Waals surface area (Å²) in [4.78, 5) is 0. The van der Waals surface area contributed by atoms with Gasteiger partial charge in [-0.15, -0.1) is 0 Å². The van der Waals surface area contributed by atoms with Gasteiger partial charge in [0.2, 0.25) is 0 Å². The van der Waals surface area contributed by atoms with Gasteiger partial charge in [0.15, 0.2) is 0 Å². The van der Waals surface area contributed by atoms with Crippen LogP contribution in [-0.2, 0) is 0 Å². The standard InChI is InChI=1S/C5H14N2.H3N/c1-2-5(7)3-4-6;/h5H,2-4,6-7H2,1H3;1H3. The molecule has 52 valence electrons. The molecule has 3 nitrogen and oxygen atoms in total. The van der Waals surface area contributed by atoms with Gasteiger partial charge in [-0.1, -0.05) is 6.92 Å². The van der Waals surface area contributed by atoms with E-state index in [1.165, 1.54) is 0 Å². The maximum atomic E-state index is 5.50. The average Bonchev–Trinajstić information content (AvgIpc) is 1.68. The summed E-state index contributed by atoms with van der Waals surface area (Å²) >= 11 is 0.